The van der Waals surface area contributed by atoms with E-state index in [4.69, 9.17) is 0 Å². The van der Waals surface area contributed by atoms with Crippen LogP contribution in [0.1, 0.15) is 59.5 Å². The summed E-state index contributed by atoms with van der Waals surface area (Å²) < 4.78 is 1.86. The van der Waals surface area contributed by atoms with E-state index in [1.807, 2.05) is 53.8 Å². The Hall–Kier alpha value is -2.44. The van der Waals surface area contributed by atoms with E-state index < -0.39 is 0 Å². The molecule has 7 nitrogen and oxygen atoms in total. The van der Waals surface area contributed by atoms with Gasteiger partial charge >= 0.3 is 0 Å². The molecule has 3 heterocycles. The summed E-state index contributed by atoms with van der Waals surface area (Å²) in [4.78, 5) is 16.8. The van der Waals surface area contributed by atoms with Gasteiger partial charge < -0.3 is 9.80 Å². The molecule has 1 amide bonds. The Kier molecular flexibility index (Phi) is 3.94. The molecule has 0 spiro atoms. The average Bonchev–Trinajstić information content (AvgIpc) is 3.19. The Morgan fingerprint density at radius 3 is 2.64 bits per heavy atom. The Bertz CT molecular complexity index is 777. The van der Waals surface area contributed by atoms with Crippen LogP contribution in [-0.2, 0) is 7.05 Å². The quantitative estimate of drug-likeness (QED) is 0.853. The summed E-state index contributed by atoms with van der Waals surface area (Å²) in [7, 11) is 5.80. The molecule has 2 aromatic rings. The van der Waals surface area contributed by atoms with Crippen LogP contribution in [0.5, 0.6) is 0 Å². The fraction of sp³-hybridized carbons (Fsp3) is 0.556. The number of anilines is 1. The van der Waals surface area contributed by atoms with Crippen molar-refractivity contribution in [1.29, 1.82) is 0 Å². The van der Waals surface area contributed by atoms with Crippen molar-refractivity contribution < 1.29 is 4.79 Å². The van der Waals surface area contributed by atoms with Crippen LogP contribution in [0.25, 0.3) is 0 Å². The molecule has 1 aliphatic carbocycles. The van der Waals surface area contributed by atoms with E-state index in [0.717, 1.165) is 30.9 Å². The molecule has 0 aromatic carbocycles. The Balaban J connectivity index is 1.56. The first-order valence-electron chi connectivity index (χ1n) is 8.90. The molecule has 0 N–H and O–H groups in total. The summed E-state index contributed by atoms with van der Waals surface area (Å²) in [5, 5.41) is 13.1. The van der Waals surface area contributed by atoms with Crippen molar-refractivity contribution in [3.8, 4) is 0 Å². The number of hydrogen-bond acceptors (Lipinski definition) is 5. The van der Waals surface area contributed by atoms with Crippen molar-refractivity contribution in [2.45, 2.75) is 37.6 Å². The summed E-state index contributed by atoms with van der Waals surface area (Å²) in [5.41, 5.74) is 2.58. The zero-order valence-electron chi connectivity index (χ0n) is 15.0. The van der Waals surface area contributed by atoms with Gasteiger partial charge in [-0.25, -0.2) is 0 Å². The van der Waals surface area contributed by atoms with Crippen LogP contribution in [0.4, 0.5) is 5.82 Å². The molecule has 2 aromatic heterocycles. The van der Waals surface area contributed by atoms with E-state index in [9.17, 15) is 4.79 Å². The van der Waals surface area contributed by atoms with E-state index in [-0.39, 0.29) is 11.9 Å². The number of aromatic nitrogens is 4. The Morgan fingerprint density at radius 2 is 2.00 bits per heavy atom. The number of likely N-dealkylation sites (tertiary alicyclic amines) is 1. The molecule has 2 aliphatic rings. The van der Waals surface area contributed by atoms with Gasteiger partial charge in [0.1, 0.15) is 0 Å². The fourth-order valence-electron chi connectivity index (χ4n) is 3.56. The summed E-state index contributed by atoms with van der Waals surface area (Å²) >= 11 is 0. The molecule has 0 radical (unpaired) electrons. The minimum Gasteiger partial charge on any atom is -0.361 e. The van der Waals surface area contributed by atoms with E-state index in [1.165, 1.54) is 18.5 Å². The highest BCUT2D eigenvalue weighted by atomic mass is 16.2. The molecule has 0 bridgehead atoms. The molecular weight excluding hydrogens is 316 g/mol. The highest BCUT2D eigenvalue weighted by Crippen LogP contribution is 2.40. The molecular formula is C18H24N6O. The van der Waals surface area contributed by atoms with Gasteiger partial charge in [-0.15, -0.1) is 5.10 Å². The van der Waals surface area contributed by atoms with Crippen LogP contribution >= 0.6 is 0 Å². The van der Waals surface area contributed by atoms with Crippen LogP contribution in [-0.4, -0.2) is 51.4 Å². The van der Waals surface area contributed by atoms with Gasteiger partial charge in [-0.05, 0) is 43.9 Å². The van der Waals surface area contributed by atoms with E-state index in [1.54, 1.807) is 0 Å². The first-order chi connectivity index (χ1) is 12.0. The second-order valence-corrected chi connectivity index (χ2v) is 7.22. The summed E-state index contributed by atoms with van der Waals surface area (Å²) in [6.07, 6.45) is 4.31. The number of amides is 1. The zero-order valence-corrected chi connectivity index (χ0v) is 15.0. The average molecular weight is 340 g/mol. The fourth-order valence-corrected chi connectivity index (χ4v) is 3.56. The summed E-state index contributed by atoms with van der Waals surface area (Å²) in [6.45, 7) is 0.746. The van der Waals surface area contributed by atoms with Gasteiger partial charge in [0, 0.05) is 39.3 Å². The van der Waals surface area contributed by atoms with Crippen molar-refractivity contribution >= 4 is 11.7 Å². The van der Waals surface area contributed by atoms with Crippen molar-refractivity contribution in [2.24, 2.45) is 7.05 Å². The molecule has 7 heteroatoms. The predicted octanol–water partition coefficient (Wildman–Crippen LogP) is 2.13. The third-order valence-electron chi connectivity index (χ3n) is 5.12. The van der Waals surface area contributed by atoms with E-state index >= 15 is 0 Å². The number of aryl methyl sites for hydroxylation is 1. The molecule has 132 valence electrons. The third kappa shape index (κ3) is 2.99. The molecule has 1 aliphatic heterocycles. The van der Waals surface area contributed by atoms with Crippen molar-refractivity contribution in [3.05, 3.63) is 35.3 Å². The van der Waals surface area contributed by atoms with Crippen LogP contribution < -0.4 is 4.90 Å². The standard InChI is InChI=1S/C18H24N6O/c1-22(2)17-9-8-13(19-20-17)15-5-4-10-24(15)18(25)14-11-16(12-6-7-12)23(3)21-14/h8-9,11-12,15H,4-7,10H2,1-3H3. The molecule has 1 saturated heterocycles. The number of carbonyl (C=O) groups is 1. The first kappa shape index (κ1) is 16.1. The number of nitrogens with zero attached hydrogens (tertiary/aromatic N) is 6. The highest BCUT2D eigenvalue weighted by molar-refractivity contribution is 5.93. The molecule has 1 atom stereocenters. The summed E-state index contributed by atoms with van der Waals surface area (Å²) in [5.74, 6) is 1.40. The lowest BCUT2D eigenvalue weighted by atomic mass is 10.1. The van der Waals surface area contributed by atoms with Crippen LogP contribution in [0.15, 0.2) is 18.2 Å². The predicted molar refractivity (Wildman–Crippen MR) is 94.6 cm³/mol. The normalized spacial score (nSPS) is 20.1. The van der Waals surface area contributed by atoms with Gasteiger partial charge in [0.25, 0.3) is 5.91 Å². The van der Waals surface area contributed by atoms with Crippen molar-refractivity contribution in [3.63, 3.8) is 0 Å². The van der Waals surface area contributed by atoms with Crippen LogP contribution in [0.3, 0.4) is 0 Å². The third-order valence-corrected chi connectivity index (χ3v) is 5.12. The minimum absolute atomic E-state index is 0.00323. The van der Waals surface area contributed by atoms with Gasteiger partial charge in [-0.3, -0.25) is 9.48 Å². The highest BCUT2D eigenvalue weighted by Gasteiger charge is 2.34. The first-order valence-corrected chi connectivity index (χ1v) is 8.90. The maximum absolute atomic E-state index is 13.0. The maximum atomic E-state index is 13.0. The lowest BCUT2D eigenvalue weighted by molar-refractivity contribution is 0.0725. The van der Waals surface area contributed by atoms with Gasteiger partial charge in [-0.2, -0.15) is 10.2 Å². The molecule has 25 heavy (non-hydrogen) atoms. The molecule has 2 fully saturated rings. The Labute approximate surface area is 147 Å². The van der Waals surface area contributed by atoms with Gasteiger partial charge in [-0.1, -0.05) is 0 Å². The van der Waals surface area contributed by atoms with Gasteiger partial charge in [0.15, 0.2) is 11.5 Å². The van der Waals surface area contributed by atoms with Gasteiger partial charge in [0.05, 0.1) is 11.7 Å². The lowest BCUT2D eigenvalue weighted by Gasteiger charge is -2.23. The zero-order chi connectivity index (χ0) is 17.6. The number of carbonyl (C=O) groups excluding carboxylic acids is 1. The van der Waals surface area contributed by atoms with Crippen LogP contribution in [0, 0.1) is 0 Å². The number of hydrogen-bond donors (Lipinski definition) is 0. The van der Waals surface area contributed by atoms with Gasteiger partial charge in [0.2, 0.25) is 0 Å². The van der Waals surface area contributed by atoms with E-state index in [0.29, 0.717) is 11.6 Å². The molecule has 4 rings (SSSR count). The summed E-state index contributed by atoms with van der Waals surface area (Å²) in [6, 6.07) is 5.89. The largest absolute Gasteiger partial charge is 0.361 e. The van der Waals surface area contributed by atoms with E-state index in [2.05, 4.69) is 15.3 Å². The topological polar surface area (TPSA) is 67.2 Å². The second kappa shape index (κ2) is 6.13. The lowest BCUT2D eigenvalue weighted by Crippen LogP contribution is -2.31. The monoisotopic (exact) mass is 340 g/mol. The molecule has 1 saturated carbocycles. The number of rotatable bonds is 4. The van der Waals surface area contributed by atoms with Crippen molar-refractivity contribution in [2.75, 3.05) is 25.5 Å². The smallest absolute Gasteiger partial charge is 0.274 e. The Morgan fingerprint density at radius 1 is 1.20 bits per heavy atom. The van der Waals surface area contributed by atoms with Crippen LogP contribution in [0.2, 0.25) is 0 Å². The molecule has 1 unspecified atom stereocenters. The SMILES string of the molecule is CN(C)c1ccc(C2CCCN2C(=O)c2cc(C3CC3)n(C)n2)nn1. The van der Waals surface area contributed by atoms with Crippen molar-refractivity contribution in [1.82, 2.24) is 24.9 Å². The second-order valence-electron chi connectivity index (χ2n) is 7.22. The minimum atomic E-state index is -0.0115. The maximum Gasteiger partial charge on any atom is 0.274 e.